The van der Waals surface area contributed by atoms with Gasteiger partial charge in [0, 0.05) is 49.3 Å². The first-order valence-corrected chi connectivity index (χ1v) is 15.3. The number of aromatic nitrogens is 6. The number of hydrogen-bond donors (Lipinski definition) is 0. The number of nitrogens with zero attached hydrogens (tertiary/aromatic N) is 7. The number of pyridine rings is 2. The monoisotopic (exact) mass is 573 g/mol. The van der Waals surface area contributed by atoms with Crippen molar-refractivity contribution in [2.45, 2.75) is 70.6 Å². The number of morpholine rings is 1. The molecule has 4 aromatic heterocycles. The fourth-order valence-corrected chi connectivity index (χ4v) is 6.15. The van der Waals surface area contributed by atoms with Crippen LogP contribution in [0.3, 0.4) is 0 Å². The molecule has 4 aromatic rings. The van der Waals surface area contributed by atoms with Crippen molar-refractivity contribution in [1.29, 1.82) is 0 Å². The van der Waals surface area contributed by atoms with E-state index < -0.39 is 0 Å². The normalized spacial score (nSPS) is 23.5. The highest BCUT2D eigenvalue weighted by Crippen LogP contribution is 2.36. The van der Waals surface area contributed by atoms with Crippen molar-refractivity contribution in [3.05, 3.63) is 42.9 Å². The standard InChI is InChI=1S/C31H39N7O4/c1-22-21-39-18-15-37(22)27-20-24(25-10-13-36(35-25)14-19-42-29-7-3-5-17-41-29)23-8-11-32-31(30(23)34-27)26-9-12-33-38(26)28-6-2-4-16-40-28/h8-13,20,22,28-29H,2-7,14-19,21H2,1H3/t22-,28?,29?/m1/s1. The van der Waals surface area contributed by atoms with Gasteiger partial charge in [0.1, 0.15) is 17.0 Å². The van der Waals surface area contributed by atoms with Crippen LogP contribution in [0, 0.1) is 0 Å². The summed E-state index contributed by atoms with van der Waals surface area (Å²) in [5.41, 5.74) is 4.44. The molecule has 3 fully saturated rings. The Morgan fingerprint density at radius 2 is 1.90 bits per heavy atom. The molecule has 2 unspecified atom stereocenters. The molecule has 3 aliphatic rings. The second kappa shape index (κ2) is 12.5. The first kappa shape index (κ1) is 27.5. The second-order valence-electron chi connectivity index (χ2n) is 11.3. The summed E-state index contributed by atoms with van der Waals surface area (Å²) in [5.74, 6) is 0.898. The summed E-state index contributed by atoms with van der Waals surface area (Å²) < 4.78 is 27.4. The van der Waals surface area contributed by atoms with E-state index in [0.717, 1.165) is 97.6 Å². The van der Waals surface area contributed by atoms with Crippen molar-refractivity contribution < 1.29 is 18.9 Å². The van der Waals surface area contributed by atoms with E-state index in [9.17, 15) is 0 Å². The Kier molecular flexibility index (Phi) is 8.15. The smallest absolute Gasteiger partial charge is 0.157 e. The Bertz CT molecular complexity index is 1490. The highest BCUT2D eigenvalue weighted by Gasteiger charge is 2.26. The van der Waals surface area contributed by atoms with Crippen molar-refractivity contribution >= 4 is 16.7 Å². The predicted molar refractivity (Wildman–Crippen MR) is 158 cm³/mol. The van der Waals surface area contributed by atoms with Gasteiger partial charge in [-0.1, -0.05) is 0 Å². The van der Waals surface area contributed by atoms with E-state index in [1.807, 2.05) is 40.1 Å². The number of fused-ring (bicyclic) bond motifs is 1. The summed E-state index contributed by atoms with van der Waals surface area (Å²) in [6.07, 6.45) is 11.9. The van der Waals surface area contributed by atoms with Crippen molar-refractivity contribution in [3.8, 4) is 22.6 Å². The molecule has 11 heteroatoms. The van der Waals surface area contributed by atoms with Gasteiger partial charge in [-0.3, -0.25) is 9.67 Å². The predicted octanol–water partition coefficient (Wildman–Crippen LogP) is 4.82. The third-order valence-electron chi connectivity index (χ3n) is 8.40. The molecule has 3 aliphatic heterocycles. The minimum atomic E-state index is -0.102. The Morgan fingerprint density at radius 3 is 2.74 bits per heavy atom. The van der Waals surface area contributed by atoms with E-state index in [2.05, 4.69) is 29.1 Å². The third kappa shape index (κ3) is 5.66. The van der Waals surface area contributed by atoms with Crippen LogP contribution in [0.15, 0.2) is 42.9 Å². The first-order chi connectivity index (χ1) is 20.7. The van der Waals surface area contributed by atoms with E-state index in [1.165, 1.54) is 0 Å². The van der Waals surface area contributed by atoms with E-state index in [4.69, 9.17) is 34.0 Å². The topological polar surface area (TPSA) is 102 Å². The molecule has 42 heavy (non-hydrogen) atoms. The van der Waals surface area contributed by atoms with Crippen molar-refractivity contribution in [2.24, 2.45) is 0 Å². The lowest BCUT2D eigenvalue weighted by Gasteiger charge is -2.34. The summed E-state index contributed by atoms with van der Waals surface area (Å²) in [6, 6.07) is 8.48. The zero-order valence-electron chi connectivity index (χ0n) is 24.2. The summed E-state index contributed by atoms with van der Waals surface area (Å²) in [6.45, 7) is 7.03. The Balaban J connectivity index is 1.26. The lowest BCUT2D eigenvalue weighted by atomic mass is 10.0. The number of ether oxygens (including phenoxy) is 4. The molecule has 0 aromatic carbocycles. The molecule has 0 aliphatic carbocycles. The molecule has 3 saturated heterocycles. The van der Waals surface area contributed by atoms with Gasteiger partial charge in [0.15, 0.2) is 12.5 Å². The zero-order valence-corrected chi connectivity index (χ0v) is 24.2. The van der Waals surface area contributed by atoms with Crippen molar-refractivity contribution in [3.63, 3.8) is 0 Å². The number of rotatable bonds is 8. The van der Waals surface area contributed by atoms with E-state index in [-0.39, 0.29) is 18.6 Å². The van der Waals surface area contributed by atoms with Crippen LogP contribution in [0.5, 0.6) is 0 Å². The van der Waals surface area contributed by atoms with E-state index >= 15 is 0 Å². The van der Waals surface area contributed by atoms with Gasteiger partial charge in [-0.15, -0.1) is 0 Å². The van der Waals surface area contributed by atoms with Gasteiger partial charge in [-0.25, -0.2) is 9.67 Å². The zero-order chi connectivity index (χ0) is 28.3. The van der Waals surface area contributed by atoms with Crippen LogP contribution in [0.4, 0.5) is 5.82 Å². The van der Waals surface area contributed by atoms with Gasteiger partial charge in [0.05, 0.1) is 43.8 Å². The van der Waals surface area contributed by atoms with Crippen molar-refractivity contribution in [2.75, 3.05) is 44.5 Å². The molecule has 0 N–H and O–H groups in total. The fraction of sp³-hybridized carbons (Fsp3) is 0.548. The fourth-order valence-electron chi connectivity index (χ4n) is 6.15. The van der Waals surface area contributed by atoms with Gasteiger partial charge in [-0.05, 0) is 69.7 Å². The number of hydrogen-bond acceptors (Lipinski definition) is 9. The Labute approximate surface area is 245 Å². The summed E-state index contributed by atoms with van der Waals surface area (Å²) in [7, 11) is 0. The molecular formula is C31H39N7O4. The summed E-state index contributed by atoms with van der Waals surface area (Å²) >= 11 is 0. The maximum absolute atomic E-state index is 6.10. The minimum Gasteiger partial charge on any atom is -0.377 e. The second-order valence-corrected chi connectivity index (χ2v) is 11.3. The largest absolute Gasteiger partial charge is 0.377 e. The SMILES string of the molecule is C[C@@H]1COCCN1c1cc(-c2ccn(CCOC3CCCCO3)n2)c2ccnc(-c3ccnn3C3CCCCO3)c2n1. The lowest BCUT2D eigenvalue weighted by Crippen LogP contribution is -2.44. The molecule has 0 saturated carbocycles. The maximum Gasteiger partial charge on any atom is 0.157 e. The average molecular weight is 574 g/mol. The van der Waals surface area contributed by atoms with Crippen LogP contribution >= 0.6 is 0 Å². The third-order valence-corrected chi connectivity index (χ3v) is 8.40. The van der Waals surface area contributed by atoms with Gasteiger partial charge in [-0.2, -0.15) is 10.2 Å². The lowest BCUT2D eigenvalue weighted by molar-refractivity contribution is -0.163. The van der Waals surface area contributed by atoms with Gasteiger partial charge >= 0.3 is 0 Å². The van der Waals surface area contributed by atoms with Crippen LogP contribution < -0.4 is 4.90 Å². The van der Waals surface area contributed by atoms with E-state index in [1.54, 1.807) is 0 Å². The van der Waals surface area contributed by atoms with Crippen LogP contribution in [0.1, 0.15) is 51.7 Å². The van der Waals surface area contributed by atoms with Crippen LogP contribution in [-0.4, -0.2) is 81.4 Å². The Morgan fingerprint density at radius 1 is 1.00 bits per heavy atom. The van der Waals surface area contributed by atoms with Crippen LogP contribution in [0.2, 0.25) is 0 Å². The molecule has 0 radical (unpaired) electrons. The van der Waals surface area contributed by atoms with Gasteiger partial charge < -0.3 is 23.8 Å². The molecule has 222 valence electrons. The molecule has 0 bridgehead atoms. The Hall–Kier alpha value is -3.38. The molecule has 3 atom stereocenters. The van der Waals surface area contributed by atoms with Gasteiger partial charge in [0.2, 0.25) is 0 Å². The molecule has 7 heterocycles. The molecule has 7 rings (SSSR count). The highest BCUT2D eigenvalue weighted by atomic mass is 16.7. The summed E-state index contributed by atoms with van der Waals surface area (Å²) in [4.78, 5) is 12.4. The molecule has 11 nitrogen and oxygen atoms in total. The van der Waals surface area contributed by atoms with Crippen molar-refractivity contribution in [1.82, 2.24) is 29.5 Å². The van der Waals surface area contributed by atoms with Crippen LogP contribution in [-0.2, 0) is 25.5 Å². The molecule has 0 amide bonds. The average Bonchev–Trinajstić information content (AvgIpc) is 3.72. The maximum atomic E-state index is 6.10. The molecular weight excluding hydrogens is 534 g/mol. The number of anilines is 1. The first-order valence-electron chi connectivity index (χ1n) is 15.3. The summed E-state index contributed by atoms with van der Waals surface area (Å²) in [5, 5.41) is 10.6. The quantitative estimate of drug-likeness (QED) is 0.293. The van der Waals surface area contributed by atoms with Crippen LogP contribution in [0.25, 0.3) is 33.5 Å². The van der Waals surface area contributed by atoms with Gasteiger partial charge in [0.25, 0.3) is 0 Å². The van der Waals surface area contributed by atoms with E-state index in [0.29, 0.717) is 26.4 Å². The molecule has 0 spiro atoms. The minimum absolute atomic E-state index is 0.0975. The highest BCUT2D eigenvalue weighted by molar-refractivity contribution is 6.01.